The molecule has 120 valence electrons. The van der Waals surface area contributed by atoms with E-state index >= 15 is 0 Å². The van der Waals surface area contributed by atoms with Crippen molar-refractivity contribution in [3.8, 4) is 0 Å². The lowest BCUT2D eigenvalue weighted by Gasteiger charge is -2.21. The van der Waals surface area contributed by atoms with Crippen molar-refractivity contribution < 1.29 is 0 Å². The second-order valence-electron chi connectivity index (χ2n) is 6.01. The van der Waals surface area contributed by atoms with E-state index in [0.717, 1.165) is 25.6 Å². The van der Waals surface area contributed by atoms with Gasteiger partial charge < -0.3 is 16.0 Å². The number of nitrogens with one attached hydrogen (secondary N) is 3. The summed E-state index contributed by atoms with van der Waals surface area (Å²) in [4.78, 5) is 4.22. The normalized spacial score (nSPS) is 11.8. The first kappa shape index (κ1) is 20.2. The van der Waals surface area contributed by atoms with E-state index in [2.05, 4.69) is 72.9 Å². The molecule has 4 nitrogen and oxygen atoms in total. The summed E-state index contributed by atoms with van der Waals surface area (Å²) in [6.07, 6.45) is 0. The molecule has 0 fully saturated rings. The predicted molar refractivity (Wildman–Crippen MR) is 103 cm³/mol. The van der Waals surface area contributed by atoms with E-state index in [9.17, 15) is 0 Å². The third kappa shape index (κ3) is 9.68. The molecule has 1 rings (SSSR count). The van der Waals surface area contributed by atoms with Gasteiger partial charge in [-0.1, -0.05) is 29.8 Å². The third-order valence-electron chi connectivity index (χ3n) is 2.88. The van der Waals surface area contributed by atoms with Gasteiger partial charge in [-0.25, -0.2) is 0 Å². The van der Waals surface area contributed by atoms with Crippen molar-refractivity contribution in [3.63, 3.8) is 0 Å². The average Bonchev–Trinajstić information content (AvgIpc) is 2.39. The van der Waals surface area contributed by atoms with Crippen LogP contribution in [-0.2, 0) is 6.54 Å². The highest BCUT2D eigenvalue weighted by molar-refractivity contribution is 14.0. The molecule has 0 saturated heterocycles. The van der Waals surface area contributed by atoms with E-state index in [4.69, 9.17) is 0 Å². The molecular weight excluding hydrogens is 375 g/mol. The van der Waals surface area contributed by atoms with Gasteiger partial charge in [-0.05, 0) is 33.3 Å². The maximum Gasteiger partial charge on any atom is 0.191 e. The first-order chi connectivity index (χ1) is 9.40. The SMILES string of the molecule is CN=C(NCCNC(C)(C)C)NCc1ccc(C)cc1.I. The van der Waals surface area contributed by atoms with Crippen molar-refractivity contribution in [2.45, 2.75) is 39.8 Å². The number of guanidine groups is 1. The molecule has 0 heterocycles. The molecule has 0 unspecified atom stereocenters. The Morgan fingerprint density at radius 3 is 2.19 bits per heavy atom. The van der Waals surface area contributed by atoms with Gasteiger partial charge in [0.25, 0.3) is 0 Å². The number of rotatable bonds is 5. The molecule has 0 atom stereocenters. The molecule has 3 N–H and O–H groups in total. The molecule has 0 spiro atoms. The van der Waals surface area contributed by atoms with Gasteiger partial charge in [0.2, 0.25) is 0 Å². The minimum Gasteiger partial charge on any atom is -0.355 e. The maximum absolute atomic E-state index is 4.22. The Bertz CT molecular complexity index is 421. The van der Waals surface area contributed by atoms with Gasteiger partial charge in [0.1, 0.15) is 0 Å². The zero-order valence-corrected chi connectivity index (χ0v) is 16.1. The highest BCUT2D eigenvalue weighted by atomic mass is 127. The summed E-state index contributed by atoms with van der Waals surface area (Å²) in [6, 6.07) is 8.52. The van der Waals surface area contributed by atoms with Crippen molar-refractivity contribution in [1.29, 1.82) is 0 Å². The molecule has 1 aromatic carbocycles. The Kier molecular flexibility index (Phi) is 9.61. The van der Waals surface area contributed by atoms with Crippen molar-refractivity contribution >= 4 is 29.9 Å². The zero-order chi connectivity index (χ0) is 15.0. The highest BCUT2D eigenvalue weighted by Gasteiger charge is 2.07. The van der Waals surface area contributed by atoms with Gasteiger partial charge in [-0.2, -0.15) is 0 Å². The molecule has 0 aliphatic rings. The number of aryl methyl sites for hydroxylation is 1. The van der Waals surface area contributed by atoms with E-state index in [1.807, 2.05) is 0 Å². The molecule has 21 heavy (non-hydrogen) atoms. The first-order valence-corrected chi connectivity index (χ1v) is 7.16. The van der Waals surface area contributed by atoms with Crippen molar-refractivity contribution in [2.75, 3.05) is 20.1 Å². The average molecular weight is 404 g/mol. The lowest BCUT2D eigenvalue weighted by Crippen LogP contribution is -2.44. The summed E-state index contributed by atoms with van der Waals surface area (Å²) < 4.78 is 0. The van der Waals surface area contributed by atoms with Crippen LogP contribution in [0.5, 0.6) is 0 Å². The number of hydrogen-bond donors (Lipinski definition) is 3. The Balaban J connectivity index is 0.00000400. The van der Waals surface area contributed by atoms with Crippen molar-refractivity contribution in [2.24, 2.45) is 4.99 Å². The van der Waals surface area contributed by atoms with Gasteiger partial charge in [-0.15, -0.1) is 24.0 Å². The van der Waals surface area contributed by atoms with E-state index < -0.39 is 0 Å². The van der Waals surface area contributed by atoms with Crippen LogP contribution < -0.4 is 16.0 Å². The molecule has 1 aromatic rings. The molecule has 0 radical (unpaired) electrons. The van der Waals surface area contributed by atoms with Crippen LogP contribution in [0, 0.1) is 6.92 Å². The minimum absolute atomic E-state index is 0. The second-order valence-corrected chi connectivity index (χ2v) is 6.01. The summed E-state index contributed by atoms with van der Waals surface area (Å²) in [5.41, 5.74) is 2.69. The predicted octanol–water partition coefficient (Wildman–Crippen LogP) is 2.67. The first-order valence-electron chi connectivity index (χ1n) is 7.16. The van der Waals surface area contributed by atoms with E-state index in [1.54, 1.807) is 7.05 Å². The molecule has 0 amide bonds. The van der Waals surface area contributed by atoms with Crippen LogP contribution in [0.3, 0.4) is 0 Å². The quantitative estimate of drug-likeness (QED) is 0.306. The van der Waals surface area contributed by atoms with Gasteiger partial charge in [0, 0.05) is 32.2 Å². The van der Waals surface area contributed by atoms with E-state index in [0.29, 0.717) is 0 Å². The van der Waals surface area contributed by atoms with E-state index in [-0.39, 0.29) is 29.5 Å². The van der Waals surface area contributed by atoms with E-state index in [1.165, 1.54) is 11.1 Å². The van der Waals surface area contributed by atoms with Gasteiger partial charge in [0.05, 0.1) is 0 Å². The Morgan fingerprint density at radius 2 is 1.67 bits per heavy atom. The molecule has 0 aromatic heterocycles. The lowest BCUT2D eigenvalue weighted by molar-refractivity contribution is 0.428. The third-order valence-corrected chi connectivity index (χ3v) is 2.88. The second kappa shape index (κ2) is 10.00. The monoisotopic (exact) mass is 404 g/mol. The number of aliphatic imine (C=N–C) groups is 1. The Morgan fingerprint density at radius 1 is 1.05 bits per heavy atom. The fourth-order valence-electron chi connectivity index (χ4n) is 1.73. The van der Waals surface area contributed by atoms with Crippen LogP contribution in [0.4, 0.5) is 0 Å². The topological polar surface area (TPSA) is 48.5 Å². The summed E-state index contributed by atoms with van der Waals surface area (Å²) in [7, 11) is 1.79. The van der Waals surface area contributed by atoms with Crippen LogP contribution in [0.2, 0.25) is 0 Å². The van der Waals surface area contributed by atoms with Crippen LogP contribution in [0.15, 0.2) is 29.3 Å². The molecule has 0 bridgehead atoms. The van der Waals surface area contributed by atoms with Crippen LogP contribution >= 0.6 is 24.0 Å². The van der Waals surface area contributed by atoms with Gasteiger partial charge in [-0.3, -0.25) is 4.99 Å². The molecule has 0 aliphatic heterocycles. The Hall–Kier alpha value is -0.820. The number of benzene rings is 1. The van der Waals surface area contributed by atoms with Crippen molar-refractivity contribution in [1.82, 2.24) is 16.0 Å². The largest absolute Gasteiger partial charge is 0.355 e. The summed E-state index contributed by atoms with van der Waals surface area (Å²) in [5.74, 6) is 0.835. The Labute approximate surface area is 146 Å². The van der Waals surface area contributed by atoms with Crippen LogP contribution in [0.25, 0.3) is 0 Å². The minimum atomic E-state index is 0. The summed E-state index contributed by atoms with van der Waals surface area (Å²) >= 11 is 0. The number of halogens is 1. The zero-order valence-electron chi connectivity index (χ0n) is 13.8. The number of hydrogen-bond acceptors (Lipinski definition) is 2. The van der Waals surface area contributed by atoms with Gasteiger partial charge >= 0.3 is 0 Å². The van der Waals surface area contributed by atoms with Gasteiger partial charge in [0.15, 0.2) is 5.96 Å². The van der Waals surface area contributed by atoms with Crippen molar-refractivity contribution in [3.05, 3.63) is 35.4 Å². The van der Waals surface area contributed by atoms with Crippen LogP contribution in [0.1, 0.15) is 31.9 Å². The molecule has 0 saturated carbocycles. The number of nitrogens with zero attached hydrogens (tertiary/aromatic N) is 1. The fraction of sp³-hybridized carbons (Fsp3) is 0.562. The molecule has 0 aliphatic carbocycles. The smallest absolute Gasteiger partial charge is 0.191 e. The highest BCUT2D eigenvalue weighted by Crippen LogP contribution is 2.02. The molecule has 5 heteroatoms. The molecular formula is C16H29IN4. The lowest BCUT2D eigenvalue weighted by atomic mass is 10.1. The maximum atomic E-state index is 4.22. The summed E-state index contributed by atoms with van der Waals surface area (Å²) in [5, 5.41) is 10.0. The standard InChI is InChI=1S/C16H28N4.HI/c1-13-6-8-14(9-7-13)12-19-15(17-5)18-10-11-20-16(2,3)4;/h6-9,20H,10-12H2,1-5H3,(H2,17,18,19);1H. The van der Waals surface area contributed by atoms with Crippen LogP contribution in [-0.4, -0.2) is 31.6 Å². The fourth-order valence-corrected chi connectivity index (χ4v) is 1.73. The summed E-state index contributed by atoms with van der Waals surface area (Å²) in [6.45, 7) is 11.1.